The van der Waals surface area contributed by atoms with Crippen LogP contribution in [0.3, 0.4) is 0 Å². The molecule has 1 atom stereocenters. The van der Waals surface area contributed by atoms with Gasteiger partial charge in [-0.3, -0.25) is 9.59 Å². The maximum Gasteiger partial charge on any atom is 0.267 e. The fourth-order valence-electron chi connectivity index (χ4n) is 1.81. The fraction of sp³-hybridized carbons (Fsp3) is 0.333. The molecule has 1 aliphatic rings. The topological polar surface area (TPSA) is 55.8 Å². The number of methoxy groups -OCH3 is 1. The number of carbonyl (C=O) groups excluding carboxylic acids is 2. The van der Waals surface area contributed by atoms with Crippen LogP contribution in [-0.4, -0.2) is 32.5 Å². The Morgan fingerprint density at radius 2 is 2.18 bits per heavy atom. The number of aldehydes is 1. The molecule has 0 saturated heterocycles. The summed E-state index contributed by atoms with van der Waals surface area (Å²) < 4.78 is 10.7. The summed E-state index contributed by atoms with van der Waals surface area (Å²) in [4.78, 5) is 24.0. The molecule has 0 bridgehead atoms. The minimum absolute atomic E-state index is 0.150. The zero-order chi connectivity index (χ0) is 12.6. The van der Waals surface area contributed by atoms with Gasteiger partial charge in [-0.05, 0) is 19.1 Å². The molecule has 2 rings (SSSR count). The van der Waals surface area contributed by atoms with Gasteiger partial charge in [0.25, 0.3) is 5.91 Å². The van der Waals surface area contributed by atoms with Crippen LogP contribution in [0.1, 0.15) is 17.3 Å². The Kier molecular flexibility index (Phi) is 2.75. The van der Waals surface area contributed by atoms with Crippen LogP contribution in [0.5, 0.6) is 11.5 Å². The third kappa shape index (κ3) is 1.73. The predicted octanol–water partition coefficient (Wildman–Crippen LogP) is 1.25. The van der Waals surface area contributed by atoms with Crippen LogP contribution < -0.4 is 14.4 Å². The van der Waals surface area contributed by atoms with Crippen molar-refractivity contribution in [2.45, 2.75) is 13.0 Å². The Hall–Kier alpha value is -2.04. The highest BCUT2D eigenvalue weighted by atomic mass is 16.5. The van der Waals surface area contributed by atoms with Crippen LogP contribution in [0.15, 0.2) is 12.1 Å². The summed E-state index contributed by atoms with van der Waals surface area (Å²) in [5.74, 6) is 0.797. The Balaban J connectivity index is 2.62. The van der Waals surface area contributed by atoms with E-state index in [0.29, 0.717) is 29.0 Å². The molecule has 1 unspecified atom stereocenters. The number of hydrogen-bond donors (Lipinski definition) is 0. The van der Waals surface area contributed by atoms with Crippen molar-refractivity contribution >= 4 is 17.9 Å². The van der Waals surface area contributed by atoms with Crippen LogP contribution in [0.2, 0.25) is 0 Å². The van der Waals surface area contributed by atoms with E-state index in [4.69, 9.17) is 9.47 Å². The number of likely N-dealkylation sites (N-methyl/N-ethyl adjacent to an activating group) is 1. The number of ether oxygens (including phenoxy) is 2. The van der Waals surface area contributed by atoms with Gasteiger partial charge in [-0.25, -0.2) is 0 Å². The second kappa shape index (κ2) is 4.08. The summed E-state index contributed by atoms with van der Waals surface area (Å²) in [6.45, 7) is 1.68. The smallest absolute Gasteiger partial charge is 0.267 e. The Morgan fingerprint density at radius 1 is 1.47 bits per heavy atom. The molecule has 5 nitrogen and oxygen atoms in total. The maximum absolute atomic E-state index is 11.8. The van der Waals surface area contributed by atoms with Crippen molar-refractivity contribution in [2.75, 3.05) is 19.1 Å². The lowest BCUT2D eigenvalue weighted by Gasteiger charge is -2.31. The van der Waals surface area contributed by atoms with Gasteiger partial charge in [-0.1, -0.05) is 0 Å². The van der Waals surface area contributed by atoms with Crippen molar-refractivity contribution in [1.29, 1.82) is 0 Å². The number of carbonyl (C=O) groups is 2. The molecule has 5 heteroatoms. The lowest BCUT2D eigenvalue weighted by Crippen LogP contribution is -2.42. The molecule has 0 aromatic heterocycles. The normalized spacial score (nSPS) is 18.4. The highest BCUT2D eigenvalue weighted by Crippen LogP contribution is 2.41. The number of amides is 1. The molecule has 90 valence electrons. The third-order valence-electron chi connectivity index (χ3n) is 2.75. The molecular weight excluding hydrogens is 222 g/mol. The van der Waals surface area contributed by atoms with Crippen molar-refractivity contribution in [2.24, 2.45) is 0 Å². The summed E-state index contributed by atoms with van der Waals surface area (Å²) >= 11 is 0. The standard InChI is InChI=1S/C12H13NO4/c1-7-12(15)13(2)9-4-8(6-14)5-10(16-3)11(9)17-7/h4-7H,1-3H3. The largest absolute Gasteiger partial charge is 0.493 e. The molecular formula is C12H13NO4. The minimum Gasteiger partial charge on any atom is -0.493 e. The van der Waals surface area contributed by atoms with E-state index < -0.39 is 6.10 Å². The molecule has 1 aromatic carbocycles. The second-order valence-electron chi connectivity index (χ2n) is 3.85. The molecule has 0 fully saturated rings. The molecule has 1 amide bonds. The first-order chi connectivity index (χ1) is 8.08. The molecule has 0 radical (unpaired) electrons. The minimum atomic E-state index is -0.552. The van der Waals surface area contributed by atoms with Crippen LogP contribution in [0.4, 0.5) is 5.69 Å². The van der Waals surface area contributed by atoms with E-state index in [9.17, 15) is 9.59 Å². The van der Waals surface area contributed by atoms with Gasteiger partial charge < -0.3 is 14.4 Å². The Morgan fingerprint density at radius 3 is 2.76 bits per heavy atom. The summed E-state index contributed by atoms with van der Waals surface area (Å²) in [5, 5.41) is 0. The summed E-state index contributed by atoms with van der Waals surface area (Å²) in [6.07, 6.45) is 0.155. The summed E-state index contributed by atoms with van der Waals surface area (Å²) in [7, 11) is 3.14. The van der Waals surface area contributed by atoms with E-state index in [2.05, 4.69) is 0 Å². The summed E-state index contributed by atoms with van der Waals surface area (Å²) in [5.41, 5.74) is 0.993. The zero-order valence-corrected chi connectivity index (χ0v) is 9.89. The van der Waals surface area contributed by atoms with E-state index >= 15 is 0 Å². The highest BCUT2D eigenvalue weighted by molar-refractivity contribution is 6.01. The number of rotatable bonds is 2. The van der Waals surface area contributed by atoms with Crippen LogP contribution in [-0.2, 0) is 4.79 Å². The second-order valence-corrected chi connectivity index (χ2v) is 3.85. The third-order valence-corrected chi connectivity index (χ3v) is 2.75. The molecule has 1 heterocycles. The van der Waals surface area contributed by atoms with Gasteiger partial charge in [-0.15, -0.1) is 0 Å². The average Bonchev–Trinajstić information content (AvgIpc) is 2.35. The number of nitrogens with zero attached hydrogens (tertiary/aromatic N) is 1. The average molecular weight is 235 g/mol. The molecule has 0 saturated carbocycles. The number of hydrogen-bond acceptors (Lipinski definition) is 4. The van der Waals surface area contributed by atoms with Crippen molar-refractivity contribution in [3.8, 4) is 11.5 Å². The predicted molar refractivity (Wildman–Crippen MR) is 61.9 cm³/mol. The van der Waals surface area contributed by atoms with E-state index in [1.807, 2.05) is 0 Å². The van der Waals surface area contributed by atoms with Gasteiger partial charge in [0, 0.05) is 12.6 Å². The van der Waals surface area contributed by atoms with Crippen molar-refractivity contribution in [3.63, 3.8) is 0 Å². The van der Waals surface area contributed by atoms with Gasteiger partial charge in [0.1, 0.15) is 6.29 Å². The molecule has 1 aliphatic heterocycles. The van der Waals surface area contributed by atoms with Crippen LogP contribution in [0, 0.1) is 0 Å². The van der Waals surface area contributed by atoms with Crippen molar-refractivity contribution in [1.82, 2.24) is 0 Å². The van der Waals surface area contributed by atoms with Crippen LogP contribution >= 0.6 is 0 Å². The van der Waals surface area contributed by atoms with E-state index in [-0.39, 0.29) is 5.91 Å². The fourth-order valence-corrected chi connectivity index (χ4v) is 1.81. The lowest BCUT2D eigenvalue weighted by molar-refractivity contribution is -0.125. The van der Waals surface area contributed by atoms with E-state index in [0.717, 1.165) is 0 Å². The summed E-state index contributed by atoms with van der Waals surface area (Å²) in [6, 6.07) is 3.19. The van der Waals surface area contributed by atoms with E-state index in [1.165, 1.54) is 12.0 Å². The van der Waals surface area contributed by atoms with Crippen LogP contribution in [0.25, 0.3) is 0 Å². The molecule has 0 aliphatic carbocycles. The zero-order valence-electron chi connectivity index (χ0n) is 9.89. The number of benzene rings is 1. The van der Waals surface area contributed by atoms with Gasteiger partial charge in [0.2, 0.25) is 0 Å². The number of fused-ring (bicyclic) bond motifs is 1. The van der Waals surface area contributed by atoms with Crippen molar-refractivity contribution in [3.05, 3.63) is 17.7 Å². The first-order valence-corrected chi connectivity index (χ1v) is 5.20. The molecule has 0 spiro atoms. The van der Waals surface area contributed by atoms with Gasteiger partial charge >= 0.3 is 0 Å². The maximum atomic E-state index is 11.8. The molecule has 0 N–H and O–H groups in total. The quantitative estimate of drug-likeness (QED) is 0.724. The van der Waals surface area contributed by atoms with Gasteiger partial charge in [0.05, 0.1) is 12.8 Å². The number of anilines is 1. The molecule has 17 heavy (non-hydrogen) atoms. The van der Waals surface area contributed by atoms with Crippen molar-refractivity contribution < 1.29 is 19.1 Å². The first kappa shape index (κ1) is 11.4. The molecule has 1 aromatic rings. The first-order valence-electron chi connectivity index (χ1n) is 5.20. The Labute approximate surface area is 98.9 Å². The lowest BCUT2D eigenvalue weighted by atomic mass is 10.1. The van der Waals surface area contributed by atoms with Gasteiger partial charge in [0.15, 0.2) is 17.6 Å². The highest BCUT2D eigenvalue weighted by Gasteiger charge is 2.31. The Bertz CT molecular complexity index is 484. The van der Waals surface area contributed by atoms with E-state index in [1.54, 1.807) is 26.1 Å². The monoisotopic (exact) mass is 235 g/mol. The SMILES string of the molecule is COc1cc(C=O)cc2c1OC(C)C(=O)N2C. The van der Waals surface area contributed by atoms with Gasteiger partial charge in [-0.2, -0.15) is 0 Å².